The fourth-order valence-corrected chi connectivity index (χ4v) is 5.04. The maximum absolute atomic E-state index is 12.8. The normalized spacial score (nSPS) is 44.3. The first kappa shape index (κ1) is 12.7. The summed E-state index contributed by atoms with van der Waals surface area (Å²) < 4.78 is 0. The first-order valence-corrected chi connectivity index (χ1v) is 7.70. The van der Waals surface area contributed by atoms with Gasteiger partial charge in [-0.1, -0.05) is 12.2 Å². The van der Waals surface area contributed by atoms with Crippen LogP contribution in [0, 0.1) is 16.5 Å². The maximum Gasteiger partial charge on any atom is 0.143 e. The predicted octanol–water partition coefficient (Wildman–Crippen LogP) is 1.94. The van der Waals surface area contributed by atoms with Crippen LogP contribution in [0.15, 0.2) is 23.3 Å². The van der Waals surface area contributed by atoms with E-state index in [0.29, 0.717) is 38.0 Å². The highest BCUT2D eigenvalue weighted by Gasteiger charge is 2.57. The summed E-state index contributed by atoms with van der Waals surface area (Å²) in [5.74, 6) is 0.460. The minimum Gasteiger partial charge on any atom is -0.785 e. The number of allylic oxidation sites excluding steroid dienone is 2. The van der Waals surface area contributed by atoms with Crippen molar-refractivity contribution >= 4 is 5.78 Å². The van der Waals surface area contributed by atoms with Crippen molar-refractivity contribution in [3.05, 3.63) is 28.5 Å². The zero-order valence-electron chi connectivity index (χ0n) is 11.5. The number of rotatable bonds is 0. The second kappa shape index (κ2) is 4.26. The van der Waals surface area contributed by atoms with Gasteiger partial charge >= 0.3 is 0 Å². The molecule has 4 aliphatic rings. The fraction of sp³-hybridized carbons (Fsp3) is 0.688. The second-order valence-corrected chi connectivity index (χ2v) is 6.65. The van der Waals surface area contributed by atoms with E-state index in [9.17, 15) is 15.1 Å². The number of hydroxylamine groups is 2. The molecular weight excluding hydrogens is 254 g/mol. The molecule has 4 heteroatoms. The number of Topliss-reactive ketones (excluding diaryl/α,β-unsaturated/α-hetero) is 1. The molecule has 0 aromatic rings. The van der Waals surface area contributed by atoms with Crippen molar-refractivity contribution in [3.8, 4) is 0 Å². The van der Waals surface area contributed by atoms with E-state index in [1.807, 2.05) is 6.08 Å². The lowest BCUT2D eigenvalue weighted by Crippen LogP contribution is -2.60. The minimum atomic E-state index is -0.503. The van der Waals surface area contributed by atoms with Crippen LogP contribution in [0.1, 0.15) is 38.5 Å². The van der Waals surface area contributed by atoms with Crippen molar-refractivity contribution in [2.75, 3.05) is 6.54 Å². The number of carbonyl (C=O) groups excluding carboxylic acids is 1. The Bertz CT molecular complexity index is 524. The van der Waals surface area contributed by atoms with Crippen LogP contribution in [0.4, 0.5) is 0 Å². The number of nitrogens with zero attached hydrogens (tertiary/aromatic N) is 1. The summed E-state index contributed by atoms with van der Waals surface area (Å²) in [5, 5.41) is 23.7. The van der Waals surface area contributed by atoms with Crippen molar-refractivity contribution in [1.82, 2.24) is 5.06 Å². The van der Waals surface area contributed by atoms with E-state index in [4.69, 9.17) is 0 Å². The predicted molar refractivity (Wildman–Crippen MR) is 74.7 cm³/mol. The smallest absolute Gasteiger partial charge is 0.143 e. The van der Waals surface area contributed by atoms with E-state index in [1.54, 1.807) is 0 Å². The quantitative estimate of drug-likeness (QED) is 0.733. The first-order chi connectivity index (χ1) is 9.64. The van der Waals surface area contributed by atoms with Crippen LogP contribution in [-0.4, -0.2) is 34.6 Å². The minimum absolute atomic E-state index is 0.104. The Labute approximate surface area is 118 Å². The van der Waals surface area contributed by atoms with Gasteiger partial charge in [-0.15, -0.1) is 0 Å². The molecule has 1 N–H and O–H groups in total. The number of hydrogen-bond donors (Lipinski definition) is 1. The third-order valence-electron chi connectivity index (χ3n) is 5.91. The Balaban J connectivity index is 1.92. The van der Waals surface area contributed by atoms with Crippen LogP contribution in [0.5, 0.6) is 0 Å². The largest absolute Gasteiger partial charge is 0.785 e. The number of aliphatic hydroxyl groups excluding tert-OH is 1. The Hall–Kier alpha value is -0.970. The van der Waals surface area contributed by atoms with Crippen molar-refractivity contribution in [3.63, 3.8) is 0 Å². The SMILES string of the molecule is O=C1CCC[C@H]2[C@H]3CC4=C(C=CCC4O)[C@@]12CCN3[O-]. The van der Waals surface area contributed by atoms with Gasteiger partial charge in [0.15, 0.2) is 0 Å². The zero-order chi connectivity index (χ0) is 13.9. The van der Waals surface area contributed by atoms with Crippen LogP contribution in [0.25, 0.3) is 0 Å². The molecule has 0 amide bonds. The van der Waals surface area contributed by atoms with Gasteiger partial charge in [0, 0.05) is 12.5 Å². The van der Waals surface area contributed by atoms with E-state index in [2.05, 4.69) is 6.08 Å². The van der Waals surface area contributed by atoms with Crippen LogP contribution in [-0.2, 0) is 4.79 Å². The number of carbonyl (C=O) groups is 1. The topological polar surface area (TPSA) is 63.6 Å². The monoisotopic (exact) mass is 274 g/mol. The van der Waals surface area contributed by atoms with Gasteiger partial charge in [-0.3, -0.25) is 4.79 Å². The summed E-state index contributed by atoms with van der Waals surface area (Å²) in [4.78, 5) is 12.8. The molecule has 3 aliphatic carbocycles. The summed E-state index contributed by atoms with van der Waals surface area (Å²) in [6.07, 6.45) is 7.94. The molecule has 1 saturated carbocycles. The van der Waals surface area contributed by atoms with E-state index >= 15 is 0 Å². The molecular formula is C16H20NO3-. The van der Waals surface area contributed by atoms with Gasteiger partial charge in [0.25, 0.3) is 0 Å². The van der Waals surface area contributed by atoms with E-state index < -0.39 is 11.5 Å². The standard InChI is InChI=1S/C16H20NO3/c18-14-5-1-3-11-10(14)9-13-12-4-2-6-15(19)16(11,12)7-8-17(13)20/h1,3,12-14,18H,2,4-9H2/q-1/t12-,13+,14?,16+/m0/s1. The molecule has 2 fully saturated rings. The maximum atomic E-state index is 12.8. The molecule has 0 aromatic heterocycles. The van der Waals surface area contributed by atoms with Gasteiger partial charge in [-0.25, -0.2) is 0 Å². The average molecular weight is 274 g/mol. The lowest BCUT2D eigenvalue weighted by molar-refractivity contribution is -0.139. The van der Waals surface area contributed by atoms with Gasteiger partial charge in [0.1, 0.15) is 5.78 Å². The van der Waals surface area contributed by atoms with Crippen LogP contribution in [0.3, 0.4) is 0 Å². The van der Waals surface area contributed by atoms with E-state index in [1.165, 1.54) is 5.06 Å². The molecule has 20 heavy (non-hydrogen) atoms. The average Bonchev–Trinajstić information content (AvgIpc) is 2.44. The van der Waals surface area contributed by atoms with Gasteiger partial charge < -0.3 is 15.4 Å². The third-order valence-corrected chi connectivity index (χ3v) is 5.91. The van der Waals surface area contributed by atoms with Crippen molar-refractivity contribution in [1.29, 1.82) is 0 Å². The molecule has 1 unspecified atom stereocenters. The Morgan fingerprint density at radius 1 is 1.45 bits per heavy atom. The number of ketones is 1. The number of piperidine rings is 1. The summed E-state index contributed by atoms with van der Waals surface area (Å²) in [5.41, 5.74) is 1.56. The molecule has 108 valence electrons. The van der Waals surface area contributed by atoms with Gasteiger partial charge in [0.2, 0.25) is 0 Å². The van der Waals surface area contributed by atoms with Gasteiger partial charge in [-0.05, 0) is 55.7 Å². The van der Waals surface area contributed by atoms with Crippen LogP contribution in [0.2, 0.25) is 0 Å². The highest BCUT2D eigenvalue weighted by molar-refractivity contribution is 5.91. The highest BCUT2D eigenvalue weighted by atomic mass is 16.5. The van der Waals surface area contributed by atoms with Gasteiger partial charge in [-0.2, -0.15) is 0 Å². The van der Waals surface area contributed by atoms with Crippen LogP contribution >= 0.6 is 0 Å². The molecule has 4 rings (SSSR count). The van der Waals surface area contributed by atoms with E-state index in [-0.39, 0.29) is 12.0 Å². The van der Waals surface area contributed by atoms with Crippen molar-refractivity contribution < 1.29 is 9.90 Å². The highest BCUT2D eigenvalue weighted by Crippen LogP contribution is 2.58. The van der Waals surface area contributed by atoms with Crippen molar-refractivity contribution in [2.45, 2.75) is 50.7 Å². The van der Waals surface area contributed by atoms with Crippen LogP contribution < -0.4 is 0 Å². The molecule has 0 radical (unpaired) electrons. The molecule has 0 spiro atoms. The lowest BCUT2D eigenvalue weighted by atomic mass is 9.51. The van der Waals surface area contributed by atoms with Gasteiger partial charge in [0.05, 0.1) is 11.5 Å². The summed E-state index contributed by atoms with van der Waals surface area (Å²) in [6, 6.07) is -0.104. The third kappa shape index (κ3) is 1.45. The van der Waals surface area contributed by atoms with E-state index in [0.717, 1.165) is 24.0 Å². The zero-order valence-corrected chi connectivity index (χ0v) is 11.5. The summed E-state index contributed by atoms with van der Waals surface area (Å²) in [7, 11) is 0. The Morgan fingerprint density at radius 2 is 2.30 bits per heavy atom. The number of aliphatic hydroxyl groups is 1. The van der Waals surface area contributed by atoms with Crippen molar-refractivity contribution in [2.24, 2.45) is 11.3 Å². The lowest BCUT2D eigenvalue weighted by Gasteiger charge is -2.61. The Morgan fingerprint density at radius 3 is 3.15 bits per heavy atom. The second-order valence-electron chi connectivity index (χ2n) is 6.65. The Kier molecular flexibility index (Phi) is 2.72. The molecule has 1 heterocycles. The molecule has 0 aromatic carbocycles. The molecule has 4 atom stereocenters. The number of hydrogen-bond acceptors (Lipinski definition) is 4. The summed E-state index contributed by atoms with van der Waals surface area (Å²) in [6.45, 7) is 0.452. The molecule has 4 nitrogen and oxygen atoms in total. The molecule has 2 bridgehead atoms. The first-order valence-electron chi connectivity index (χ1n) is 7.70. The molecule has 1 saturated heterocycles. The molecule has 1 aliphatic heterocycles. The summed E-state index contributed by atoms with van der Waals surface area (Å²) >= 11 is 0. The fourth-order valence-electron chi connectivity index (χ4n) is 5.04.